The lowest BCUT2D eigenvalue weighted by Crippen LogP contribution is -2.16. The van der Waals surface area contributed by atoms with Crippen molar-refractivity contribution >= 4 is 0 Å². The fourth-order valence-electron chi connectivity index (χ4n) is 3.65. The van der Waals surface area contributed by atoms with E-state index in [-0.39, 0.29) is 0 Å². The second-order valence-electron chi connectivity index (χ2n) is 6.85. The Morgan fingerprint density at radius 3 is 2.77 bits per heavy atom. The Bertz CT molecular complexity index is 475. The molecule has 0 amide bonds. The first-order valence-corrected chi connectivity index (χ1v) is 9.25. The van der Waals surface area contributed by atoms with Crippen LogP contribution in [0.3, 0.4) is 0 Å². The summed E-state index contributed by atoms with van der Waals surface area (Å²) in [4.78, 5) is 0. The lowest BCUT2D eigenvalue weighted by Gasteiger charge is -2.25. The molecule has 1 heteroatoms. The molecule has 122 valence electrons. The highest BCUT2D eigenvalue weighted by Gasteiger charge is 2.19. The predicted octanol–water partition coefficient (Wildman–Crippen LogP) is 5.38. The van der Waals surface area contributed by atoms with Crippen LogP contribution < -0.4 is 5.73 Å². The molecule has 2 rings (SSSR count). The van der Waals surface area contributed by atoms with Gasteiger partial charge in [0.1, 0.15) is 0 Å². The van der Waals surface area contributed by atoms with E-state index in [0.29, 0.717) is 5.92 Å². The van der Waals surface area contributed by atoms with Gasteiger partial charge in [0.2, 0.25) is 0 Å². The minimum atomic E-state index is 0.546. The lowest BCUT2D eigenvalue weighted by molar-refractivity contribution is 0.462. The van der Waals surface area contributed by atoms with Crippen LogP contribution in [0, 0.1) is 5.92 Å². The second kappa shape index (κ2) is 9.15. The Kier molecular flexibility index (Phi) is 7.18. The number of fused-ring (bicyclic) bond motifs is 1. The molecule has 2 atom stereocenters. The molecule has 0 radical (unpaired) electrons. The van der Waals surface area contributed by atoms with Gasteiger partial charge in [-0.3, -0.25) is 0 Å². The lowest BCUT2D eigenvalue weighted by atomic mass is 9.80. The van der Waals surface area contributed by atoms with E-state index < -0.39 is 0 Å². The molecular weight excluding hydrogens is 266 g/mol. The van der Waals surface area contributed by atoms with Gasteiger partial charge in [-0.05, 0) is 73.6 Å². The molecular formula is C21H33N. The van der Waals surface area contributed by atoms with Gasteiger partial charge in [0.15, 0.2) is 0 Å². The van der Waals surface area contributed by atoms with Crippen LogP contribution in [0.25, 0.3) is 0 Å². The number of hydrogen-bond donors (Lipinski definition) is 1. The third-order valence-corrected chi connectivity index (χ3v) is 5.05. The third-order valence-electron chi connectivity index (χ3n) is 5.05. The van der Waals surface area contributed by atoms with Gasteiger partial charge in [-0.25, -0.2) is 0 Å². The fourth-order valence-corrected chi connectivity index (χ4v) is 3.65. The van der Waals surface area contributed by atoms with Crippen molar-refractivity contribution in [3.8, 4) is 0 Å². The van der Waals surface area contributed by atoms with Crippen molar-refractivity contribution in [3.63, 3.8) is 0 Å². The average Bonchev–Trinajstić information content (AvgIpc) is 2.56. The maximum atomic E-state index is 5.96. The summed E-state index contributed by atoms with van der Waals surface area (Å²) in [6, 6.07) is 7.16. The van der Waals surface area contributed by atoms with Gasteiger partial charge in [0.05, 0.1) is 0 Å². The van der Waals surface area contributed by atoms with Crippen molar-refractivity contribution in [1.29, 1.82) is 0 Å². The Morgan fingerprint density at radius 2 is 2.05 bits per heavy atom. The Balaban J connectivity index is 1.99. The van der Waals surface area contributed by atoms with Gasteiger partial charge < -0.3 is 5.73 Å². The van der Waals surface area contributed by atoms with Crippen LogP contribution in [-0.4, -0.2) is 6.54 Å². The SMILES string of the molecule is CCC/C=C\C[C@H]1CCc2cc(C(CN)CCC)ccc2C1. The van der Waals surface area contributed by atoms with Crippen molar-refractivity contribution < 1.29 is 0 Å². The van der Waals surface area contributed by atoms with Crippen LogP contribution in [0.5, 0.6) is 0 Å². The van der Waals surface area contributed by atoms with E-state index in [0.717, 1.165) is 12.5 Å². The van der Waals surface area contributed by atoms with Crippen molar-refractivity contribution in [2.75, 3.05) is 6.54 Å². The first-order chi connectivity index (χ1) is 10.8. The fraction of sp³-hybridized carbons (Fsp3) is 0.619. The molecule has 2 N–H and O–H groups in total. The maximum absolute atomic E-state index is 5.96. The zero-order valence-electron chi connectivity index (χ0n) is 14.5. The van der Waals surface area contributed by atoms with Gasteiger partial charge in [-0.2, -0.15) is 0 Å². The minimum absolute atomic E-state index is 0.546. The van der Waals surface area contributed by atoms with E-state index in [9.17, 15) is 0 Å². The monoisotopic (exact) mass is 299 g/mol. The summed E-state index contributed by atoms with van der Waals surface area (Å²) in [5, 5.41) is 0. The molecule has 0 fully saturated rings. The van der Waals surface area contributed by atoms with E-state index in [1.165, 1.54) is 56.9 Å². The number of hydrogen-bond acceptors (Lipinski definition) is 1. The normalized spacial score (nSPS) is 19.3. The highest BCUT2D eigenvalue weighted by molar-refractivity contribution is 5.36. The molecule has 1 aromatic carbocycles. The molecule has 0 spiro atoms. The van der Waals surface area contributed by atoms with Crippen LogP contribution in [0.2, 0.25) is 0 Å². The maximum Gasteiger partial charge on any atom is -0.000824 e. The summed E-state index contributed by atoms with van der Waals surface area (Å²) in [7, 11) is 0. The Labute approximate surface area is 137 Å². The molecule has 0 saturated heterocycles. The highest BCUT2D eigenvalue weighted by Crippen LogP contribution is 2.31. The smallest absolute Gasteiger partial charge is 0.000824 e. The molecule has 1 aliphatic carbocycles. The van der Waals surface area contributed by atoms with Crippen molar-refractivity contribution in [2.24, 2.45) is 11.7 Å². The predicted molar refractivity (Wildman–Crippen MR) is 97.3 cm³/mol. The molecule has 0 aromatic heterocycles. The molecule has 1 nitrogen and oxygen atoms in total. The summed E-state index contributed by atoms with van der Waals surface area (Å²) in [5.41, 5.74) is 10.6. The molecule has 22 heavy (non-hydrogen) atoms. The van der Waals surface area contributed by atoms with Gasteiger partial charge in [-0.15, -0.1) is 0 Å². The quantitative estimate of drug-likeness (QED) is 0.641. The van der Waals surface area contributed by atoms with Gasteiger partial charge in [0.25, 0.3) is 0 Å². The van der Waals surface area contributed by atoms with Crippen LogP contribution in [0.4, 0.5) is 0 Å². The molecule has 1 aliphatic rings. The number of benzene rings is 1. The molecule has 1 aromatic rings. The highest BCUT2D eigenvalue weighted by atomic mass is 14.5. The zero-order valence-corrected chi connectivity index (χ0v) is 14.5. The topological polar surface area (TPSA) is 26.0 Å². The Morgan fingerprint density at radius 1 is 1.18 bits per heavy atom. The summed E-state index contributed by atoms with van der Waals surface area (Å²) in [5.74, 6) is 1.39. The van der Waals surface area contributed by atoms with Crippen molar-refractivity contribution in [1.82, 2.24) is 0 Å². The number of rotatable bonds is 8. The molecule has 0 bridgehead atoms. The van der Waals surface area contributed by atoms with E-state index in [4.69, 9.17) is 5.73 Å². The zero-order chi connectivity index (χ0) is 15.8. The molecule has 0 aliphatic heterocycles. The number of allylic oxidation sites excluding steroid dienone is 2. The van der Waals surface area contributed by atoms with E-state index >= 15 is 0 Å². The van der Waals surface area contributed by atoms with Crippen LogP contribution in [0.15, 0.2) is 30.4 Å². The largest absolute Gasteiger partial charge is 0.330 e. The van der Waals surface area contributed by atoms with Gasteiger partial charge >= 0.3 is 0 Å². The van der Waals surface area contributed by atoms with E-state index in [2.05, 4.69) is 44.2 Å². The first kappa shape index (κ1) is 17.3. The molecule has 0 saturated carbocycles. The van der Waals surface area contributed by atoms with Crippen LogP contribution in [-0.2, 0) is 12.8 Å². The standard InChI is InChI=1S/C21H33N/c1-3-5-6-7-9-17-10-11-19-15-20(13-12-18(19)14-17)21(16-22)8-4-2/h6-7,12-13,15,17,21H,3-5,8-11,14,16,22H2,1-2H3/b7-6-/t17-,21?/m0/s1. The number of aryl methyl sites for hydroxylation is 1. The Hall–Kier alpha value is -1.08. The van der Waals surface area contributed by atoms with Gasteiger partial charge in [-0.1, -0.05) is 57.0 Å². The first-order valence-electron chi connectivity index (χ1n) is 9.25. The summed E-state index contributed by atoms with van der Waals surface area (Å²) < 4.78 is 0. The molecule has 1 unspecified atom stereocenters. The van der Waals surface area contributed by atoms with E-state index in [1.807, 2.05) is 0 Å². The third kappa shape index (κ3) is 4.71. The number of unbranched alkanes of at least 4 members (excludes halogenated alkanes) is 1. The summed E-state index contributed by atoms with van der Waals surface area (Å²) in [6.45, 7) is 5.27. The van der Waals surface area contributed by atoms with E-state index in [1.54, 1.807) is 11.1 Å². The number of nitrogens with two attached hydrogens (primary N) is 1. The van der Waals surface area contributed by atoms with Crippen molar-refractivity contribution in [3.05, 3.63) is 47.0 Å². The van der Waals surface area contributed by atoms with Gasteiger partial charge in [0, 0.05) is 0 Å². The molecule has 0 heterocycles. The van der Waals surface area contributed by atoms with Crippen LogP contribution >= 0.6 is 0 Å². The average molecular weight is 300 g/mol. The van der Waals surface area contributed by atoms with Crippen LogP contribution in [0.1, 0.15) is 75.0 Å². The summed E-state index contributed by atoms with van der Waals surface area (Å²) in [6.07, 6.45) is 14.8. The summed E-state index contributed by atoms with van der Waals surface area (Å²) >= 11 is 0. The second-order valence-corrected chi connectivity index (χ2v) is 6.85. The minimum Gasteiger partial charge on any atom is -0.330 e. The van der Waals surface area contributed by atoms with Crippen molar-refractivity contribution in [2.45, 2.75) is 71.1 Å².